The Bertz CT molecular complexity index is 421. The molecule has 132 valence electrons. The van der Waals surface area contributed by atoms with Crippen molar-refractivity contribution in [3.05, 3.63) is 0 Å². The molecule has 0 aromatic heterocycles. The van der Waals surface area contributed by atoms with Crippen molar-refractivity contribution >= 4 is 5.78 Å². The first-order valence-corrected chi connectivity index (χ1v) is 4.77. The molecule has 0 heterocycles. The summed E-state index contributed by atoms with van der Waals surface area (Å²) in [6.07, 6.45) is -30.9. The highest BCUT2D eigenvalue weighted by atomic mass is 19.4. The van der Waals surface area contributed by atoms with Gasteiger partial charge in [0.2, 0.25) is 5.78 Å². The minimum absolute atomic E-state index is 0.0528. The SMILES string of the molecule is COC(F)(F)C(F)(F)OC(F)(F)C(F)(F)OC(F)(F)C(C)=O. The summed E-state index contributed by atoms with van der Waals surface area (Å²) in [6, 6.07) is 0. The van der Waals surface area contributed by atoms with Gasteiger partial charge >= 0.3 is 30.5 Å². The highest BCUT2D eigenvalue weighted by molar-refractivity contribution is 5.81. The number of halogens is 10. The second kappa shape index (κ2) is 5.81. The molecular weight excluding hydrogens is 350 g/mol. The quantitative estimate of drug-likeness (QED) is 0.627. The molecule has 0 rings (SSSR count). The number of methoxy groups -OCH3 is 1. The minimum atomic E-state index is -6.67. The van der Waals surface area contributed by atoms with E-state index in [1.54, 1.807) is 0 Å². The fourth-order valence-electron chi connectivity index (χ4n) is 0.691. The fourth-order valence-corrected chi connectivity index (χ4v) is 0.691. The molecule has 0 fully saturated rings. The van der Waals surface area contributed by atoms with Gasteiger partial charge in [-0.2, -0.15) is 43.9 Å². The van der Waals surface area contributed by atoms with E-state index in [0.717, 1.165) is 0 Å². The summed E-state index contributed by atoms with van der Waals surface area (Å²) in [5, 5.41) is 0. The Kier molecular flexibility index (Phi) is 5.50. The van der Waals surface area contributed by atoms with E-state index in [0.29, 0.717) is 0 Å². The van der Waals surface area contributed by atoms with Gasteiger partial charge < -0.3 is 4.74 Å². The lowest BCUT2D eigenvalue weighted by atomic mass is 10.4. The summed E-state index contributed by atoms with van der Waals surface area (Å²) in [5.74, 6) is -2.49. The molecule has 0 aliphatic rings. The molecule has 0 amide bonds. The van der Waals surface area contributed by atoms with Crippen LogP contribution in [0, 0.1) is 0 Å². The van der Waals surface area contributed by atoms with Crippen LogP contribution in [0.15, 0.2) is 0 Å². The maximum Gasteiger partial charge on any atom is 0.453 e. The van der Waals surface area contributed by atoms with Crippen molar-refractivity contribution in [2.45, 2.75) is 37.5 Å². The molecule has 0 atom stereocenters. The second-order valence-electron chi connectivity index (χ2n) is 3.55. The molecule has 0 N–H and O–H groups in total. The lowest BCUT2D eigenvalue weighted by Gasteiger charge is -2.32. The van der Waals surface area contributed by atoms with Crippen LogP contribution in [0.1, 0.15) is 6.92 Å². The zero-order valence-corrected chi connectivity index (χ0v) is 10.4. The third kappa shape index (κ3) is 4.19. The molecule has 4 nitrogen and oxygen atoms in total. The van der Waals surface area contributed by atoms with Crippen molar-refractivity contribution < 1.29 is 62.9 Å². The molecule has 14 heteroatoms. The summed E-state index contributed by atoms with van der Waals surface area (Å²) in [5.41, 5.74) is 0. The lowest BCUT2D eigenvalue weighted by Crippen LogP contribution is -2.56. The predicted molar refractivity (Wildman–Crippen MR) is 44.6 cm³/mol. The minimum Gasteiger partial charge on any atom is -0.317 e. The summed E-state index contributed by atoms with van der Waals surface area (Å²) in [7, 11) is -0.103. The van der Waals surface area contributed by atoms with Gasteiger partial charge in [-0.25, -0.2) is 9.47 Å². The number of carbonyl (C=O) groups is 1. The fraction of sp³-hybridized carbons (Fsp3) is 0.875. The molecule has 0 aromatic rings. The molecule has 0 aromatic carbocycles. The van der Waals surface area contributed by atoms with Gasteiger partial charge in [0.15, 0.2) is 0 Å². The van der Waals surface area contributed by atoms with Gasteiger partial charge in [0.05, 0.1) is 0 Å². The number of hydrogen-bond acceptors (Lipinski definition) is 4. The lowest BCUT2D eigenvalue weighted by molar-refractivity contribution is -0.539. The van der Waals surface area contributed by atoms with Crippen molar-refractivity contribution in [3.63, 3.8) is 0 Å². The van der Waals surface area contributed by atoms with Gasteiger partial charge in [-0.15, -0.1) is 0 Å². The maximum absolute atomic E-state index is 12.7. The average molecular weight is 356 g/mol. The number of carbonyl (C=O) groups excluding carboxylic acids is 1. The number of ether oxygens (including phenoxy) is 3. The van der Waals surface area contributed by atoms with Crippen molar-refractivity contribution in [3.8, 4) is 0 Å². The van der Waals surface area contributed by atoms with E-state index < -0.39 is 36.3 Å². The van der Waals surface area contributed by atoms with Gasteiger partial charge in [-0.1, -0.05) is 0 Å². The Labute approximate surface area is 114 Å². The molecule has 0 unspecified atom stereocenters. The molecule has 0 bridgehead atoms. The first-order chi connectivity index (χ1) is 9.42. The van der Waals surface area contributed by atoms with Gasteiger partial charge in [0.25, 0.3) is 0 Å². The summed E-state index contributed by atoms with van der Waals surface area (Å²) >= 11 is 0. The van der Waals surface area contributed by atoms with E-state index in [-0.39, 0.29) is 14.0 Å². The topological polar surface area (TPSA) is 44.8 Å². The van der Waals surface area contributed by atoms with Gasteiger partial charge in [0, 0.05) is 14.0 Å². The normalized spacial score (nSPS) is 15.1. The zero-order valence-electron chi connectivity index (χ0n) is 10.4. The first-order valence-electron chi connectivity index (χ1n) is 4.77. The Balaban J connectivity index is 5.42. The molecule has 22 heavy (non-hydrogen) atoms. The Hall–Kier alpha value is -1.15. The van der Waals surface area contributed by atoms with Crippen LogP contribution in [0.5, 0.6) is 0 Å². The van der Waals surface area contributed by atoms with Gasteiger partial charge in [0.1, 0.15) is 0 Å². The van der Waals surface area contributed by atoms with E-state index >= 15 is 0 Å². The highest BCUT2D eigenvalue weighted by Crippen LogP contribution is 2.47. The Morgan fingerprint density at radius 3 is 1.32 bits per heavy atom. The number of ketones is 1. The van der Waals surface area contributed by atoms with Gasteiger partial charge in [-0.05, 0) is 0 Å². The van der Waals surface area contributed by atoms with Crippen LogP contribution in [-0.2, 0) is 19.0 Å². The maximum atomic E-state index is 12.7. The van der Waals surface area contributed by atoms with Crippen LogP contribution in [-0.4, -0.2) is 43.4 Å². The van der Waals surface area contributed by atoms with Crippen molar-refractivity contribution in [2.75, 3.05) is 7.11 Å². The second-order valence-corrected chi connectivity index (χ2v) is 3.55. The molecule has 0 radical (unpaired) electrons. The monoisotopic (exact) mass is 356 g/mol. The van der Waals surface area contributed by atoms with E-state index in [2.05, 4.69) is 9.47 Å². The van der Waals surface area contributed by atoms with Crippen LogP contribution in [0.2, 0.25) is 0 Å². The first kappa shape index (κ1) is 20.9. The van der Waals surface area contributed by atoms with E-state index in [9.17, 15) is 48.7 Å². The average Bonchev–Trinajstić information content (AvgIpc) is 2.25. The Morgan fingerprint density at radius 2 is 1.00 bits per heavy atom. The number of rotatable bonds is 8. The van der Waals surface area contributed by atoms with Crippen LogP contribution in [0.25, 0.3) is 0 Å². The van der Waals surface area contributed by atoms with E-state index in [1.165, 1.54) is 0 Å². The third-order valence-electron chi connectivity index (χ3n) is 1.86. The van der Waals surface area contributed by atoms with Crippen LogP contribution in [0.3, 0.4) is 0 Å². The molecule has 0 saturated heterocycles. The van der Waals surface area contributed by atoms with Crippen molar-refractivity contribution in [1.29, 1.82) is 0 Å². The van der Waals surface area contributed by atoms with Crippen LogP contribution in [0.4, 0.5) is 43.9 Å². The smallest absolute Gasteiger partial charge is 0.317 e. The molecule has 0 aliphatic carbocycles. The Morgan fingerprint density at radius 1 is 0.682 bits per heavy atom. The van der Waals surface area contributed by atoms with E-state index in [4.69, 9.17) is 0 Å². The number of alkyl halides is 10. The van der Waals surface area contributed by atoms with Gasteiger partial charge in [-0.3, -0.25) is 4.79 Å². The summed E-state index contributed by atoms with van der Waals surface area (Å²) < 4.78 is 133. The predicted octanol–water partition coefficient (Wildman–Crippen LogP) is 3.22. The molecular formula is C8H6F10O4. The number of Topliss-reactive ketones (excluding diaryl/α,β-unsaturated/α-hetero) is 1. The molecule has 0 spiro atoms. The van der Waals surface area contributed by atoms with E-state index in [1.807, 2.05) is 4.74 Å². The van der Waals surface area contributed by atoms with Crippen LogP contribution >= 0.6 is 0 Å². The largest absolute Gasteiger partial charge is 0.453 e. The summed E-state index contributed by atoms with van der Waals surface area (Å²) in [6.45, 7) is -0.0528. The van der Waals surface area contributed by atoms with Crippen molar-refractivity contribution in [2.24, 2.45) is 0 Å². The zero-order chi connectivity index (χ0) is 18.2. The third-order valence-corrected chi connectivity index (χ3v) is 1.86. The molecule has 0 aliphatic heterocycles. The highest BCUT2D eigenvalue weighted by Gasteiger charge is 2.72. The number of hydrogen-bond donors (Lipinski definition) is 0. The standard InChI is InChI=1S/C8H6F10O4/c1-3(19)4(9,10)21-7(15,16)8(17,18)22-6(13,14)5(11,12)20-2/h1-2H3. The summed E-state index contributed by atoms with van der Waals surface area (Å²) in [4.78, 5) is 10.2. The van der Waals surface area contributed by atoms with Crippen LogP contribution < -0.4 is 0 Å². The molecule has 0 saturated carbocycles. The van der Waals surface area contributed by atoms with Crippen molar-refractivity contribution in [1.82, 2.24) is 0 Å².